The van der Waals surface area contributed by atoms with Crippen molar-refractivity contribution in [2.24, 2.45) is 5.92 Å². The fourth-order valence-electron chi connectivity index (χ4n) is 4.01. The van der Waals surface area contributed by atoms with Crippen LogP contribution in [-0.2, 0) is 9.59 Å². The summed E-state index contributed by atoms with van der Waals surface area (Å²) in [5.74, 6) is -2.35. The first-order valence-corrected chi connectivity index (χ1v) is 11.9. The van der Waals surface area contributed by atoms with Crippen LogP contribution in [0, 0.1) is 5.92 Å². The number of nitrogens with zero attached hydrogens (tertiary/aromatic N) is 1. The van der Waals surface area contributed by atoms with Crippen LogP contribution in [0.1, 0.15) is 28.3 Å². The number of amides is 3. The minimum atomic E-state index is -1.33. The molecule has 1 saturated heterocycles. The molecular weight excluding hydrogens is 532 g/mol. The van der Waals surface area contributed by atoms with Crippen molar-refractivity contribution in [1.29, 1.82) is 0 Å². The quantitative estimate of drug-likeness (QED) is 0.508. The molecule has 1 aliphatic heterocycles. The number of likely N-dealkylation sites (N-methyl/N-ethyl adjacent to an activating group) is 1. The van der Waals surface area contributed by atoms with Gasteiger partial charge in [0.1, 0.15) is 10.4 Å². The monoisotopic (exact) mass is 547 g/mol. The lowest BCUT2D eigenvalue weighted by Crippen LogP contribution is -2.40. The predicted molar refractivity (Wildman–Crippen MR) is 131 cm³/mol. The van der Waals surface area contributed by atoms with Gasteiger partial charge in [-0.3, -0.25) is 14.4 Å². The molecule has 174 valence electrons. The fourth-order valence-corrected chi connectivity index (χ4v) is 5.59. The van der Waals surface area contributed by atoms with Gasteiger partial charge in [0.15, 0.2) is 0 Å². The Kier molecular flexibility index (Phi) is 6.78. The smallest absolute Gasteiger partial charge is 0.253 e. The van der Waals surface area contributed by atoms with Crippen molar-refractivity contribution in [3.8, 4) is 0 Å². The summed E-state index contributed by atoms with van der Waals surface area (Å²) in [6.07, 6.45) is 0.513. The Morgan fingerprint density at radius 3 is 2.33 bits per heavy atom. The maximum absolute atomic E-state index is 12.9. The third kappa shape index (κ3) is 4.91. The van der Waals surface area contributed by atoms with Crippen LogP contribution in [0.3, 0.4) is 0 Å². The van der Waals surface area contributed by atoms with Gasteiger partial charge in [-0.1, -0.05) is 34.8 Å². The zero-order chi connectivity index (χ0) is 24.1. The first kappa shape index (κ1) is 24.4. The van der Waals surface area contributed by atoms with E-state index in [9.17, 15) is 14.4 Å². The number of halogens is 5. The third-order valence-corrected chi connectivity index (χ3v) is 7.50. The average Bonchev–Trinajstić information content (AvgIpc) is 3.19. The molecule has 2 aliphatic rings. The summed E-state index contributed by atoms with van der Waals surface area (Å²) < 4.78 is -1.33. The maximum Gasteiger partial charge on any atom is 0.253 e. The molecule has 3 atom stereocenters. The lowest BCUT2D eigenvalue weighted by molar-refractivity contribution is -0.128. The van der Waals surface area contributed by atoms with E-state index in [1.165, 1.54) is 12.1 Å². The standard InChI is InChI=1S/C22H18Cl5N3O3/c1-30-5-4-16(21(30)33)29-19(31)14-9-13(2-3-15(14)25)28-20(32)18-17(22(18,26)27)10-6-11(23)8-12(24)7-10/h2-3,6-9,16-18H,4-5H2,1H3,(H,28,32)(H,29,31). The van der Waals surface area contributed by atoms with Gasteiger partial charge in [-0.25, -0.2) is 0 Å². The predicted octanol–water partition coefficient (Wildman–Crippen LogP) is 5.13. The fraction of sp³-hybridized carbons (Fsp3) is 0.318. The average molecular weight is 550 g/mol. The highest BCUT2D eigenvalue weighted by Crippen LogP contribution is 2.65. The summed E-state index contributed by atoms with van der Waals surface area (Å²) in [6.45, 7) is 0.562. The van der Waals surface area contributed by atoms with Gasteiger partial charge in [0.2, 0.25) is 11.8 Å². The van der Waals surface area contributed by atoms with Crippen molar-refractivity contribution >= 4 is 81.4 Å². The molecule has 2 aromatic rings. The minimum absolute atomic E-state index is 0.133. The van der Waals surface area contributed by atoms with E-state index in [0.717, 1.165) is 0 Å². The number of carbonyl (C=O) groups is 3. The highest BCUT2D eigenvalue weighted by Gasteiger charge is 2.67. The van der Waals surface area contributed by atoms with Gasteiger partial charge in [-0.2, -0.15) is 0 Å². The topological polar surface area (TPSA) is 78.5 Å². The minimum Gasteiger partial charge on any atom is -0.344 e. The van der Waals surface area contributed by atoms with Gasteiger partial charge >= 0.3 is 0 Å². The molecule has 2 N–H and O–H groups in total. The molecule has 6 nitrogen and oxygen atoms in total. The normalized spacial score (nSPS) is 23.4. The number of likely N-dealkylation sites (tertiary alicyclic amines) is 1. The largest absolute Gasteiger partial charge is 0.344 e. The maximum atomic E-state index is 12.9. The third-order valence-electron chi connectivity index (χ3n) is 5.79. The summed E-state index contributed by atoms with van der Waals surface area (Å²) in [7, 11) is 1.67. The molecule has 2 aromatic carbocycles. The van der Waals surface area contributed by atoms with E-state index in [1.807, 2.05) is 0 Å². The zero-order valence-electron chi connectivity index (χ0n) is 17.2. The van der Waals surface area contributed by atoms with E-state index in [0.29, 0.717) is 34.3 Å². The van der Waals surface area contributed by atoms with Crippen molar-refractivity contribution in [3.63, 3.8) is 0 Å². The summed E-state index contributed by atoms with van der Waals surface area (Å²) in [5.41, 5.74) is 1.12. The van der Waals surface area contributed by atoms with Gasteiger partial charge in [0.05, 0.1) is 16.5 Å². The van der Waals surface area contributed by atoms with Crippen molar-refractivity contribution in [1.82, 2.24) is 10.2 Å². The summed E-state index contributed by atoms with van der Waals surface area (Å²) in [5, 5.41) is 6.43. The molecule has 2 fully saturated rings. The van der Waals surface area contributed by atoms with Crippen LogP contribution in [0.5, 0.6) is 0 Å². The Morgan fingerprint density at radius 2 is 1.73 bits per heavy atom. The second-order valence-electron chi connectivity index (χ2n) is 8.09. The molecule has 0 spiro atoms. The molecule has 1 heterocycles. The van der Waals surface area contributed by atoms with E-state index in [-0.39, 0.29) is 16.5 Å². The second kappa shape index (κ2) is 9.16. The van der Waals surface area contributed by atoms with Crippen LogP contribution in [0.2, 0.25) is 15.1 Å². The number of rotatable bonds is 5. The number of alkyl halides is 2. The van der Waals surface area contributed by atoms with Gasteiger partial charge in [-0.15, -0.1) is 23.2 Å². The lowest BCUT2D eigenvalue weighted by atomic mass is 10.1. The molecule has 0 bridgehead atoms. The van der Waals surface area contributed by atoms with E-state index in [4.69, 9.17) is 58.0 Å². The van der Waals surface area contributed by atoms with Crippen LogP contribution in [-0.4, -0.2) is 46.6 Å². The van der Waals surface area contributed by atoms with Gasteiger partial charge in [0, 0.05) is 35.2 Å². The van der Waals surface area contributed by atoms with Gasteiger partial charge < -0.3 is 15.5 Å². The first-order valence-electron chi connectivity index (χ1n) is 9.99. The highest BCUT2D eigenvalue weighted by molar-refractivity contribution is 6.53. The number of benzene rings is 2. The van der Waals surface area contributed by atoms with E-state index in [2.05, 4.69) is 10.6 Å². The molecule has 4 rings (SSSR count). The molecule has 3 amide bonds. The number of hydrogen-bond donors (Lipinski definition) is 2. The SMILES string of the molecule is CN1CCC(NC(=O)c2cc(NC(=O)C3C(c4cc(Cl)cc(Cl)c4)C3(Cl)Cl)ccc2Cl)C1=O. The van der Waals surface area contributed by atoms with Gasteiger partial charge in [0.25, 0.3) is 5.91 Å². The molecule has 0 aromatic heterocycles. The Hall–Kier alpha value is -1.70. The number of carbonyl (C=O) groups excluding carboxylic acids is 3. The molecule has 0 radical (unpaired) electrons. The Labute approximate surface area is 215 Å². The van der Waals surface area contributed by atoms with E-state index in [1.54, 1.807) is 36.2 Å². The van der Waals surface area contributed by atoms with Crippen molar-refractivity contribution in [2.45, 2.75) is 22.7 Å². The molecule has 3 unspecified atom stereocenters. The lowest BCUT2D eigenvalue weighted by Gasteiger charge is -2.14. The molecular formula is C22H18Cl5N3O3. The van der Waals surface area contributed by atoms with Crippen LogP contribution in [0.15, 0.2) is 36.4 Å². The molecule has 33 heavy (non-hydrogen) atoms. The summed E-state index contributed by atoms with van der Waals surface area (Å²) >= 11 is 31.1. The van der Waals surface area contributed by atoms with Crippen molar-refractivity contribution in [2.75, 3.05) is 18.9 Å². The first-order chi connectivity index (χ1) is 15.5. The van der Waals surface area contributed by atoms with Crippen LogP contribution in [0.25, 0.3) is 0 Å². The second-order valence-corrected chi connectivity index (χ2v) is 10.8. The Balaban J connectivity index is 1.48. The van der Waals surface area contributed by atoms with Crippen LogP contribution >= 0.6 is 58.0 Å². The highest BCUT2D eigenvalue weighted by atomic mass is 35.5. The van der Waals surface area contributed by atoms with Crippen LogP contribution in [0.4, 0.5) is 5.69 Å². The van der Waals surface area contributed by atoms with E-state index >= 15 is 0 Å². The van der Waals surface area contributed by atoms with Crippen LogP contribution < -0.4 is 10.6 Å². The zero-order valence-corrected chi connectivity index (χ0v) is 21.0. The number of nitrogens with one attached hydrogen (secondary N) is 2. The Morgan fingerprint density at radius 1 is 1.06 bits per heavy atom. The summed E-state index contributed by atoms with van der Waals surface area (Å²) in [4.78, 5) is 39.3. The molecule has 1 saturated carbocycles. The number of hydrogen-bond acceptors (Lipinski definition) is 3. The molecule has 11 heteroatoms. The number of anilines is 1. The molecule has 1 aliphatic carbocycles. The van der Waals surface area contributed by atoms with Crippen molar-refractivity contribution < 1.29 is 14.4 Å². The van der Waals surface area contributed by atoms with E-state index < -0.39 is 34.0 Å². The summed E-state index contributed by atoms with van der Waals surface area (Å²) in [6, 6.07) is 8.78. The Bertz CT molecular complexity index is 1140. The van der Waals surface area contributed by atoms with Crippen molar-refractivity contribution in [3.05, 3.63) is 62.6 Å². The van der Waals surface area contributed by atoms with Gasteiger partial charge in [-0.05, 0) is 48.4 Å².